The lowest BCUT2D eigenvalue weighted by Crippen LogP contribution is -2.20. The van der Waals surface area contributed by atoms with Crippen molar-refractivity contribution in [2.45, 2.75) is 19.9 Å². The first-order chi connectivity index (χ1) is 9.60. The Hall–Kier alpha value is -2.18. The second-order valence-corrected chi connectivity index (χ2v) is 4.67. The number of rotatable bonds is 6. The monoisotopic (exact) mass is 278 g/mol. The number of halogens is 1. The second-order valence-electron chi connectivity index (χ2n) is 4.67. The van der Waals surface area contributed by atoms with Gasteiger partial charge in [0.25, 0.3) is 0 Å². The van der Waals surface area contributed by atoms with Crippen LogP contribution in [0.15, 0.2) is 18.6 Å². The van der Waals surface area contributed by atoms with Gasteiger partial charge >= 0.3 is 0 Å². The van der Waals surface area contributed by atoms with E-state index in [4.69, 9.17) is 0 Å². The normalized spacial score (nSPS) is 10.6. The molecule has 20 heavy (non-hydrogen) atoms. The predicted molar refractivity (Wildman–Crippen MR) is 76.1 cm³/mol. The molecular formula is C13H19FN6. The maximum Gasteiger partial charge on any atom is 0.224 e. The third kappa shape index (κ3) is 3.43. The number of aromatic nitrogens is 4. The Morgan fingerprint density at radius 1 is 1.40 bits per heavy atom. The molecule has 0 saturated carbocycles. The molecule has 0 aliphatic rings. The van der Waals surface area contributed by atoms with Gasteiger partial charge in [0.1, 0.15) is 0 Å². The van der Waals surface area contributed by atoms with Crippen LogP contribution in [0.25, 0.3) is 0 Å². The summed E-state index contributed by atoms with van der Waals surface area (Å²) < 4.78 is 15.6. The molecule has 6 nitrogen and oxygen atoms in total. The van der Waals surface area contributed by atoms with E-state index in [1.807, 2.05) is 20.2 Å². The van der Waals surface area contributed by atoms with Crippen LogP contribution in [0.2, 0.25) is 0 Å². The number of hydrogen-bond acceptors (Lipinski definition) is 5. The predicted octanol–water partition coefficient (Wildman–Crippen LogP) is 1.81. The smallest absolute Gasteiger partial charge is 0.224 e. The molecule has 0 aromatic carbocycles. The van der Waals surface area contributed by atoms with E-state index >= 15 is 0 Å². The number of aryl methyl sites for hydroxylation is 1. The van der Waals surface area contributed by atoms with Crippen molar-refractivity contribution in [2.24, 2.45) is 7.05 Å². The van der Waals surface area contributed by atoms with Gasteiger partial charge in [0, 0.05) is 38.9 Å². The Kier molecular flexibility index (Phi) is 4.49. The summed E-state index contributed by atoms with van der Waals surface area (Å²) in [5, 5.41) is 7.15. The molecule has 0 aliphatic heterocycles. The Labute approximate surface area is 117 Å². The summed E-state index contributed by atoms with van der Waals surface area (Å²) in [6.45, 7) is 3.35. The third-order valence-electron chi connectivity index (χ3n) is 2.80. The van der Waals surface area contributed by atoms with E-state index < -0.39 is 5.82 Å². The summed E-state index contributed by atoms with van der Waals surface area (Å²) in [4.78, 5) is 9.89. The van der Waals surface area contributed by atoms with Crippen molar-refractivity contribution in [1.29, 1.82) is 0 Å². The SMILES string of the molecule is CCCNc1ncc(F)c(N(C)Cc2cnn(C)c2)n1. The molecule has 2 aromatic rings. The molecular weight excluding hydrogens is 259 g/mol. The van der Waals surface area contributed by atoms with Gasteiger partial charge in [-0.25, -0.2) is 9.37 Å². The van der Waals surface area contributed by atoms with Crippen LogP contribution in [0.3, 0.4) is 0 Å². The van der Waals surface area contributed by atoms with Gasteiger partial charge in [-0.2, -0.15) is 10.1 Å². The van der Waals surface area contributed by atoms with Gasteiger partial charge in [0.2, 0.25) is 5.95 Å². The van der Waals surface area contributed by atoms with Crippen molar-refractivity contribution in [1.82, 2.24) is 19.7 Å². The quantitative estimate of drug-likeness (QED) is 0.873. The van der Waals surface area contributed by atoms with Crippen molar-refractivity contribution in [3.05, 3.63) is 30.0 Å². The lowest BCUT2D eigenvalue weighted by Gasteiger charge is -2.18. The summed E-state index contributed by atoms with van der Waals surface area (Å²) in [5.41, 5.74) is 0.996. The third-order valence-corrected chi connectivity index (χ3v) is 2.80. The van der Waals surface area contributed by atoms with E-state index in [1.54, 1.807) is 22.8 Å². The van der Waals surface area contributed by atoms with E-state index in [0.717, 1.165) is 18.5 Å². The van der Waals surface area contributed by atoms with Gasteiger partial charge in [-0.15, -0.1) is 0 Å². The largest absolute Gasteiger partial charge is 0.354 e. The van der Waals surface area contributed by atoms with E-state index in [-0.39, 0.29) is 5.82 Å². The van der Waals surface area contributed by atoms with Gasteiger partial charge < -0.3 is 10.2 Å². The van der Waals surface area contributed by atoms with Crippen LogP contribution < -0.4 is 10.2 Å². The molecule has 0 radical (unpaired) electrons. The zero-order valence-electron chi connectivity index (χ0n) is 12.0. The highest BCUT2D eigenvalue weighted by molar-refractivity contribution is 5.43. The number of nitrogens with zero attached hydrogens (tertiary/aromatic N) is 5. The Morgan fingerprint density at radius 2 is 2.20 bits per heavy atom. The van der Waals surface area contributed by atoms with Gasteiger partial charge in [-0.05, 0) is 6.42 Å². The molecule has 7 heteroatoms. The number of nitrogens with one attached hydrogen (secondary N) is 1. The molecule has 2 heterocycles. The minimum atomic E-state index is -0.432. The average molecular weight is 278 g/mol. The lowest BCUT2D eigenvalue weighted by atomic mass is 10.3. The molecule has 2 rings (SSSR count). The Morgan fingerprint density at radius 3 is 2.85 bits per heavy atom. The van der Waals surface area contributed by atoms with Crippen LogP contribution in [-0.4, -0.2) is 33.3 Å². The summed E-state index contributed by atoms with van der Waals surface area (Å²) in [6.07, 6.45) is 5.80. The molecule has 108 valence electrons. The average Bonchev–Trinajstić information content (AvgIpc) is 2.83. The van der Waals surface area contributed by atoms with Crippen LogP contribution in [0.4, 0.5) is 16.2 Å². The molecule has 0 spiro atoms. The minimum absolute atomic E-state index is 0.280. The minimum Gasteiger partial charge on any atom is -0.354 e. The van der Waals surface area contributed by atoms with Crippen LogP contribution in [0.5, 0.6) is 0 Å². The maximum atomic E-state index is 13.8. The van der Waals surface area contributed by atoms with E-state index in [1.165, 1.54) is 6.20 Å². The van der Waals surface area contributed by atoms with Gasteiger partial charge in [-0.1, -0.05) is 6.92 Å². The summed E-state index contributed by atoms with van der Waals surface area (Å²) in [5.74, 6) is 0.294. The van der Waals surface area contributed by atoms with Crippen LogP contribution in [-0.2, 0) is 13.6 Å². The molecule has 0 aliphatic carbocycles. The fourth-order valence-corrected chi connectivity index (χ4v) is 1.85. The fourth-order valence-electron chi connectivity index (χ4n) is 1.85. The first-order valence-corrected chi connectivity index (χ1v) is 6.55. The first kappa shape index (κ1) is 14.2. The van der Waals surface area contributed by atoms with E-state index in [2.05, 4.69) is 20.4 Å². The molecule has 1 N–H and O–H groups in total. The topological polar surface area (TPSA) is 58.9 Å². The van der Waals surface area contributed by atoms with Crippen LogP contribution in [0.1, 0.15) is 18.9 Å². The molecule has 0 saturated heterocycles. The fraction of sp³-hybridized carbons (Fsp3) is 0.462. The van der Waals surface area contributed by atoms with Gasteiger partial charge in [0.15, 0.2) is 11.6 Å². The summed E-state index contributed by atoms with van der Waals surface area (Å²) in [7, 11) is 3.64. The molecule has 0 unspecified atom stereocenters. The summed E-state index contributed by atoms with van der Waals surface area (Å²) in [6, 6.07) is 0. The van der Waals surface area contributed by atoms with Crippen molar-refractivity contribution in [3.8, 4) is 0 Å². The van der Waals surface area contributed by atoms with Crippen molar-refractivity contribution in [2.75, 3.05) is 23.8 Å². The molecule has 2 aromatic heterocycles. The highest BCUT2D eigenvalue weighted by atomic mass is 19.1. The molecule has 0 fully saturated rings. The maximum absolute atomic E-state index is 13.8. The Balaban J connectivity index is 2.13. The first-order valence-electron chi connectivity index (χ1n) is 6.55. The standard InChI is InChI=1S/C13H19FN6/c1-4-5-15-13-16-7-11(14)12(18-13)19(2)8-10-6-17-20(3)9-10/h6-7,9H,4-5,8H2,1-3H3,(H,15,16,18). The van der Waals surface area contributed by atoms with E-state index in [9.17, 15) is 4.39 Å². The van der Waals surface area contributed by atoms with Crippen LogP contribution in [0, 0.1) is 5.82 Å². The lowest BCUT2D eigenvalue weighted by molar-refractivity contribution is 0.607. The molecule has 0 atom stereocenters. The highest BCUT2D eigenvalue weighted by Crippen LogP contribution is 2.18. The highest BCUT2D eigenvalue weighted by Gasteiger charge is 2.12. The van der Waals surface area contributed by atoms with Crippen molar-refractivity contribution in [3.63, 3.8) is 0 Å². The number of anilines is 2. The zero-order valence-corrected chi connectivity index (χ0v) is 12.0. The van der Waals surface area contributed by atoms with E-state index in [0.29, 0.717) is 12.5 Å². The summed E-state index contributed by atoms with van der Waals surface area (Å²) >= 11 is 0. The number of hydrogen-bond donors (Lipinski definition) is 1. The van der Waals surface area contributed by atoms with Crippen molar-refractivity contribution >= 4 is 11.8 Å². The van der Waals surface area contributed by atoms with Gasteiger partial charge in [0.05, 0.1) is 12.4 Å². The van der Waals surface area contributed by atoms with Crippen molar-refractivity contribution < 1.29 is 4.39 Å². The van der Waals surface area contributed by atoms with Gasteiger partial charge in [-0.3, -0.25) is 4.68 Å². The Bertz CT molecular complexity index is 568. The second kappa shape index (κ2) is 6.31. The van der Waals surface area contributed by atoms with Crippen LogP contribution >= 0.6 is 0 Å². The molecule has 0 amide bonds. The molecule has 0 bridgehead atoms. The zero-order chi connectivity index (χ0) is 14.5.